The maximum absolute atomic E-state index is 12.6. The number of aromatic nitrogens is 1. The first-order valence-corrected chi connectivity index (χ1v) is 14.9. The lowest BCUT2D eigenvalue weighted by molar-refractivity contribution is -0.118. The van der Waals surface area contributed by atoms with Crippen molar-refractivity contribution in [2.24, 2.45) is 5.10 Å². The van der Waals surface area contributed by atoms with E-state index < -0.39 is 5.91 Å². The molecular formula is C33H29ClN4O5S. The average molecular weight is 629 g/mol. The van der Waals surface area contributed by atoms with Crippen molar-refractivity contribution in [3.05, 3.63) is 112 Å². The smallest absolute Gasteiger partial charge is 0.271 e. The third kappa shape index (κ3) is 7.77. The van der Waals surface area contributed by atoms with Gasteiger partial charge in [-0.15, -0.1) is 0 Å². The lowest BCUT2D eigenvalue weighted by Gasteiger charge is -2.10. The molecule has 0 unspecified atom stereocenters. The van der Waals surface area contributed by atoms with Crippen LogP contribution >= 0.6 is 23.4 Å². The number of amides is 2. The first-order chi connectivity index (χ1) is 21.3. The molecular weight excluding hydrogens is 600 g/mol. The van der Waals surface area contributed by atoms with E-state index in [2.05, 4.69) is 20.8 Å². The molecule has 0 saturated heterocycles. The molecule has 0 radical (unpaired) electrons. The second-order valence-corrected chi connectivity index (χ2v) is 11.1. The van der Waals surface area contributed by atoms with E-state index >= 15 is 0 Å². The Kier molecular flexibility index (Phi) is 9.83. The van der Waals surface area contributed by atoms with Crippen LogP contribution < -0.4 is 20.2 Å². The van der Waals surface area contributed by atoms with Gasteiger partial charge < -0.3 is 19.2 Å². The maximum Gasteiger partial charge on any atom is 0.271 e. The van der Waals surface area contributed by atoms with Crippen LogP contribution in [0.5, 0.6) is 11.5 Å². The Bertz CT molecular complexity index is 1780. The number of carbonyl (C=O) groups is 2. The van der Waals surface area contributed by atoms with E-state index in [-0.39, 0.29) is 12.5 Å². The summed E-state index contributed by atoms with van der Waals surface area (Å²) in [6.07, 6.45) is 1.56. The summed E-state index contributed by atoms with van der Waals surface area (Å²) in [5, 5.41) is 8.10. The van der Waals surface area contributed by atoms with E-state index in [1.807, 2.05) is 56.3 Å². The molecule has 0 atom stereocenters. The molecule has 2 N–H and O–H groups in total. The zero-order valence-corrected chi connectivity index (χ0v) is 25.8. The van der Waals surface area contributed by atoms with Crippen LogP contribution in [0.1, 0.15) is 32.6 Å². The highest BCUT2D eigenvalue weighted by molar-refractivity contribution is 7.98. The van der Waals surface area contributed by atoms with Crippen molar-refractivity contribution in [3.63, 3.8) is 0 Å². The molecule has 2 amide bonds. The highest BCUT2D eigenvalue weighted by Crippen LogP contribution is 2.30. The van der Waals surface area contributed by atoms with E-state index in [4.69, 9.17) is 25.5 Å². The number of rotatable bonds is 11. The molecule has 0 spiro atoms. The van der Waals surface area contributed by atoms with Gasteiger partial charge in [0.1, 0.15) is 17.0 Å². The highest BCUT2D eigenvalue weighted by Gasteiger charge is 2.11. The predicted octanol–water partition coefficient (Wildman–Crippen LogP) is 7.18. The molecule has 4 aromatic carbocycles. The maximum atomic E-state index is 12.6. The van der Waals surface area contributed by atoms with Gasteiger partial charge in [-0.1, -0.05) is 35.5 Å². The number of oxazole rings is 1. The number of hydrogen-bond donors (Lipinski definition) is 2. The third-order valence-electron chi connectivity index (χ3n) is 6.52. The average Bonchev–Trinajstić information content (AvgIpc) is 3.45. The molecule has 1 heterocycles. The summed E-state index contributed by atoms with van der Waals surface area (Å²) < 4.78 is 16.9. The summed E-state index contributed by atoms with van der Waals surface area (Å²) >= 11 is 7.65. The molecule has 1 aromatic heterocycles. The van der Waals surface area contributed by atoms with Crippen LogP contribution in [0.3, 0.4) is 0 Å². The van der Waals surface area contributed by atoms with Crippen LogP contribution in [0.15, 0.2) is 93.6 Å². The quantitative estimate of drug-likeness (QED) is 0.0904. The van der Waals surface area contributed by atoms with E-state index in [1.165, 1.54) is 11.8 Å². The summed E-state index contributed by atoms with van der Waals surface area (Å²) in [6, 6.07) is 23.3. The van der Waals surface area contributed by atoms with Gasteiger partial charge >= 0.3 is 0 Å². The van der Waals surface area contributed by atoms with Gasteiger partial charge in [0.25, 0.3) is 17.0 Å². The van der Waals surface area contributed by atoms with Crippen LogP contribution in [0.4, 0.5) is 5.69 Å². The van der Waals surface area contributed by atoms with E-state index in [0.29, 0.717) is 33.0 Å². The minimum Gasteiger partial charge on any atom is -0.496 e. The normalized spacial score (nSPS) is 11.1. The highest BCUT2D eigenvalue weighted by atomic mass is 35.5. The number of methoxy groups -OCH3 is 1. The van der Waals surface area contributed by atoms with Crippen molar-refractivity contribution in [3.8, 4) is 11.5 Å². The van der Waals surface area contributed by atoms with Gasteiger partial charge in [-0.25, -0.2) is 10.4 Å². The number of benzene rings is 4. The Morgan fingerprint density at radius 3 is 2.50 bits per heavy atom. The van der Waals surface area contributed by atoms with Gasteiger partial charge in [-0.05, 0) is 97.3 Å². The molecule has 0 fully saturated rings. The number of halogens is 1. The SMILES string of the molecule is COc1ccc(/C=N\NC(=O)c2ccc(NC(=O)COc3cc(C)c(Cl)c(C)c3)cc2)cc1CSc1nc2ccccc2o1. The van der Waals surface area contributed by atoms with Gasteiger partial charge in [0.15, 0.2) is 12.2 Å². The first-order valence-electron chi connectivity index (χ1n) is 13.6. The van der Waals surface area contributed by atoms with Crippen molar-refractivity contribution in [1.29, 1.82) is 0 Å². The van der Waals surface area contributed by atoms with Crippen molar-refractivity contribution in [2.45, 2.75) is 24.8 Å². The number of fused-ring (bicyclic) bond motifs is 1. The van der Waals surface area contributed by atoms with Crippen LogP contribution in [0.2, 0.25) is 5.02 Å². The van der Waals surface area contributed by atoms with Crippen molar-refractivity contribution < 1.29 is 23.5 Å². The molecule has 5 aromatic rings. The zero-order valence-electron chi connectivity index (χ0n) is 24.2. The monoisotopic (exact) mass is 628 g/mol. The molecule has 0 aliphatic carbocycles. The van der Waals surface area contributed by atoms with Gasteiger partial charge in [-0.2, -0.15) is 5.10 Å². The lowest BCUT2D eigenvalue weighted by atomic mass is 10.1. The molecule has 9 nitrogen and oxygen atoms in total. The van der Waals surface area contributed by atoms with E-state index in [1.54, 1.807) is 49.7 Å². The van der Waals surface area contributed by atoms with Crippen LogP contribution in [0, 0.1) is 13.8 Å². The lowest BCUT2D eigenvalue weighted by Crippen LogP contribution is -2.20. The molecule has 5 rings (SSSR count). The number of thioether (sulfide) groups is 1. The molecule has 0 aliphatic heterocycles. The van der Waals surface area contributed by atoms with Gasteiger partial charge in [0.2, 0.25) is 0 Å². The molecule has 44 heavy (non-hydrogen) atoms. The second kappa shape index (κ2) is 14.1. The zero-order chi connectivity index (χ0) is 31.1. The van der Waals surface area contributed by atoms with Gasteiger partial charge in [-0.3, -0.25) is 9.59 Å². The second-order valence-electron chi connectivity index (χ2n) is 9.79. The fourth-order valence-electron chi connectivity index (χ4n) is 4.31. The Morgan fingerprint density at radius 1 is 1.02 bits per heavy atom. The number of para-hydroxylation sites is 2. The fraction of sp³-hybridized carbons (Fsp3) is 0.152. The summed E-state index contributed by atoms with van der Waals surface area (Å²) in [7, 11) is 1.62. The molecule has 0 saturated carbocycles. The standard InChI is InChI=1S/C33H29ClN4O5S/c1-20-14-26(15-21(2)31(20)34)42-18-30(39)36-25-11-9-23(10-12-25)32(40)38-35-17-22-8-13-28(41-3)24(16-22)19-44-33-37-27-6-4-5-7-29(27)43-33/h4-17H,18-19H2,1-3H3,(H,36,39)(H,38,40)/b35-17-. The summed E-state index contributed by atoms with van der Waals surface area (Å²) in [5.74, 6) is 1.14. The first kappa shape index (κ1) is 30.7. The number of hydrogen-bond acceptors (Lipinski definition) is 8. The number of carbonyl (C=O) groups excluding carboxylic acids is 2. The predicted molar refractivity (Wildman–Crippen MR) is 173 cm³/mol. The Labute approximate surface area is 263 Å². The number of aryl methyl sites for hydroxylation is 2. The van der Waals surface area contributed by atoms with Crippen LogP contribution in [-0.4, -0.2) is 36.7 Å². The number of nitrogens with one attached hydrogen (secondary N) is 2. The molecule has 0 aliphatic rings. The van der Waals surface area contributed by atoms with Crippen LogP contribution in [0.25, 0.3) is 11.1 Å². The minimum atomic E-state index is -0.392. The third-order valence-corrected chi connectivity index (χ3v) is 7.99. The molecule has 11 heteroatoms. The van der Waals surface area contributed by atoms with Crippen molar-refractivity contribution in [1.82, 2.24) is 10.4 Å². The summed E-state index contributed by atoms with van der Waals surface area (Å²) in [6.45, 7) is 3.59. The Hall–Kier alpha value is -4.80. The van der Waals surface area contributed by atoms with Crippen molar-refractivity contribution in [2.75, 3.05) is 19.0 Å². The van der Waals surface area contributed by atoms with Crippen LogP contribution in [-0.2, 0) is 10.5 Å². The van der Waals surface area contributed by atoms with Crippen molar-refractivity contribution >= 4 is 58.2 Å². The van der Waals surface area contributed by atoms with E-state index in [0.717, 1.165) is 39.1 Å². The Balaban J connectivity index is 1.12. The Morgan fingerprint density at radius 2 is 1.77 bits per heavy atom. The number of hydrazone groups is 1. The van der Waals surface area contributed by atoms with Gasteiger partial charge in [0.05, 0.1) is 13.3 Å². The fourth-order valence-corrected chi connectivity index (χ4v) is 5.24. The molecule has 0 bridgehead atoms. The summed E-state index contributed by atoms with van der Waals surface area (Å²) in [5.41, 5.74) is 8.45. The molecule has 224 valence electrons. The number of ether oxygens (including phenoxy) is 2. The van der Waals surface area contributed by atoms with Gasteiger partial charge in [0, 0.05) is 27.6 Å². The minimum absolute atomic E-state index is 0.167. The topological polar surface area (TPSA) is 115 Å². The number of anilines is 1. The summed E-state index contributed by atoms with van der Waals surface area (Å²) in [4.78, 5) is 29.5. The number of nitrogens with zero attached hydrogens (tertiary/aromatic N) is 2. The van der Waals surface area contributed by atoms with E-state index in [9.17, 15) is 9.59 Å². The largest absolute Gasteiger partial charge is 0.496 e.